The SMILES string of the molecule is CCC(=O)N(c1ccc(CCCCN)cc1)c1c(C(C)C)cccc1C(C)C. The summed E-state index contributed by atoms with van der Waals surface area (Å²) in [7, 11) is 0. The molecule has 2 aromatic rings. The molecule has 28 heavy (non-hydrogen) atoms. The number of amides is 1. The fourth-order valence-corrected chi connectivity index (χ4v) is 3.61. The lowest BCUT2D eigenvalue weighted by atomic mass is 9.91. The van der Waals surface area contributed by atoms with Gasteiger partial charge in [0, 0.05) is 12.1 Å². The smallest absolute Gasteiger partial charge is 0.231 e. The zero-order chi connectivity index (χ0) is 20.7. The monoisotopic (exact) mass is 380 g/mol. The van der Waals surface area contributed by atoms with Gasteiger partial charge in [-0.2, -0.15) is 0 Å². The minimum Gasteiger partial charge on any atom is -0.330 e. The Bertz CT molecular complexity index is 736. The lowest BCUT2D eigenvalue weighted by molar-refractivity contribution is -0.117. The van der Waals surface area contributed by atoms with Crippen LogP contribution in [0.1, 0.15) is 82.4 Å². The average Bonchev–Trinajstić information content (AvgIpc) is 2.69. The Kier molecular flexibility index (Phi) is 8.25. The van der Waals surface area contributed by atoms with Crippen LogP contribution in [0.2, 0.25) is 0 Å². The highest BCUT2D eigenvalue weighted by Crippen LogP contribution is 2.39. The molecule has 0 heterocycles. The van der Waals surface area contributed by atoms with Gasteiger partial charge in [0.1, 0.15) is 0 Å². The first-order valence-corrected chi connectivity index (χ1v) is 10.6. The summed E-state index contributed by atoms with van der Waals surface area (Å²) in [5.74, 6) is 0.818. The molecule has 0 saturated carbocycles. The van der Waals surface area contributed by atoms with E-state index in [4.69, 9.17) is 5.73 Å². The molecule has 152 valence electrons. The van der Waals surface area contributed by atoms with Crippen molar-refractivity contribution in [1.82, 2.24) is 0 Å². The van der Waals surface area contributed by atoms with Crippen LogP contribution in [0.15, 0.2) is 42.5 Å². The number of carbonyl (C=O) groups is 1. The topological polar surface area (TPSA) is 46.3 Å². The molecule has 0 fully saturated rings. The maximum absolute atomic E-state index is 13.1. The molecule has 0 spiro atoms. The number of benzene rings is 2. The summed E-state index contributed by atoms with van der Waals surface area (Å²) in [5, 5.41) is 0. The lowest BCUT2D eigenvalue weighted by Crippen LogP contribution is -2.27. The predicted molar refractivity (Wildman–Crippen MR) is 120 cm³/mol. The van der Waals surface area contributed by atoms with Gasteiger partial charge in [0.2, 0.25) is 5.91 Å². The molecule has 0 aliphatic rings. The zero-order valence-electron chi connectivity index (χ0n) is 18.2. The van der Waals surface area contributed by atoms with Crippen molar-refractivity contribution < 1.29 is 4.79 Å². The minimum atomic E-state index is 0.130. The van der Waals surface area contributed by atoms with Crippen LogP contribution < -0.4 is 10.6 Å². The fourth-order valence-electron chi connectivity index (χ4n) is 3.61. The van der Waals surface area contributed by atoms with Crippen molar-refractivity contribution in [1.29, 1.82) is 0 Å². The van der Waals surface area contributed by atoms with Gasteiger partial charge in [-0.05, 0) is 66.5 Å². The van der Waals surface area contributed by atoms with Crippen molar-refractivity contribution in [2.24, 2.45) is 5.73 Å². The van der Waals surface area contributed by atoms with E-state index in [2.05, 4.69) is 70.2 Å². The van der Waals surface area contributed by atoms with Crippen molar-refractivity contribution in [2.45, 2.75) is 72.1 Å². The summed E-state index contributed by atoms with van der Waals surface area (Å²) >= 11 is 0. The van der Waals surface area contributed by atoms with Crippen molar-refractivity contribution in [3.63, 3.8) is 0 Å². The number of hydrogen-bond donors (Lipinski definition) is 1. The van der Waals surface area contributed by atoms with Gasteiger partial charge >= 0.3 is 0 Å². The number of aryl methyl sites for hydroxylation is 1. The molecule has 3 heteroatoms. The number of unbranched alkanes of at least 4 members (excludes halogenated alkanes) is 1. The van der Waals surface area contributed by atoms with Gasteiger partial charge in [-0.15, -0.1) is 0 Å². The third-order valence-corrected chi connectivity index (χ3v) is 5.23. The Hall–Kier alpha value is -2.13. The van der Waals surface area contributed by atoms with E-state index in [1.807, 2.05) is 11.8 Å². The number of para-hydroxylation sites is 1. The minimum absolute atomic E-state index is 0.130. The Balaban J connectivity index is 2.52. The molecule has 2 rings (SSSR count). The highest BCUT2D eigenvalue weighted by molar-refractivity contribution is 6.02. The van der Waals surface area contributed by atoms with Crippen LogP contribution in [-0.2, 0) is 11.2 Å². The molecule has 2 N–H and O–H groups in total. The second-order valence-electron chi connectivity index (χ2n) is 8.09. The van der Waals surface area contributed by atoms with Crippen molar-refractivity contribution >= 4 is 17.3 Å². The van der Waals surface area contributed by atoms with Gasteiger partial charge in [-0.1, -0.05) is 65.0 Å². The van der Waals surface area contributed by atoms with Crippen LogP contribution in [0.3, 0.4) is 0 Å². The van der Waals surface area contributed by atoms with Crippen molar-refractivity contribution in [2.75, 3.05) is 11.4 Å². The summed E-state index contributed by atoms with van der Waals surface area (Å²) in [6.45, 7) is 11.4. The molecule has 0 aliphatic carbocycles. The fraction of sp³-hybridized carbons (Fsp3) is 0.480. The van der Waals surface area contributed by atoms with Crippen LogP contribution in [0.25, 0.3) is 0 Å². The molecular weight excluding hydrogens is 344 g/mol. The molecule has 3 nitrogen and oxygen atoms in total. The van der Waals surface area contributed by atoms with E-state index in [9.17, 15) is 4.79 Å². The zero-order valence-corrected chi connectivity index (χ0v) is 18.2. The normalized spacial score (nSPS) is 11.3. The summed E-state index contributed by atoms with van der Waals surface area (Å²) in [4.78, 5) is 15.0. The maximum Gasteiger partial charge on any atom is 0.231 e. The van der Waals surface area contributed by atoms with E-state index in [1.165, 1.54) is 16.7 Å². The average molecular weight is 381 g/mol. The van der Waals surface area contributed by atoms with Gasteiger partial charge in [0.15, 0.2) is 0 Å². The van der Waals surface area contributed by atoms with Crippen LogP contribution in [0, 0.1) is 0 Å². The molecule has 0 bridgehead atoms. The van der Waals surface area contributed by atoms with Crippen LogP contribution in [-0.4, -0.2) is 12.5 Å². The molecule has 0 aromatic heterocycles. The van der Waals surface area contributed by atoms with E-state index in [0.717, 1.165) is 37.2 Å². The summed E-state index contributed by atoms with van der Waals surface area (Å²) in [6, 6.07) is 14.9. The Labute approximate surface area is 170 Å². The standard InChI is InChI=1S/C25H36N2O/c1-6-24(28)27(21-15-13-20(14-16-21)10-7-8-17-26)25-22(18(2)3)11-9-12-23(25)19(4)5/h9,11-16,18-19H,6-8,10,17,26H2,1-5H3. The Morgan fingerprint density at radius 2 is 1.50 bits per heavy atom. The molecule has 1 amide bonds. The Morgan fingerprint density at radius 1 is 0.929 bits per heavy atom. The lowest BCUT2D eigenvalue weighted by Gasteiger charge is -2.30. The first kappa shape index (κ1) is 22.2. The molecular formula is C25H36N2O. The maximum atomic E-state index is 13.1. The second-order valence-corrected chi connectivity index (χ2v) is 8.09. The summed E-state index contributed by atoms with van der Waals surface area (Å²) < 4.78 is 0. The third-order valence-electron chi connectivity index (χ3n) is 5.23. The van der Waals surface area contributed by atoms with Crippen molar-refractivity contribution in [3.8, 4) is 0 Å². The number of anilines is 2. The highest BCUT2D eigenvalue weighted by Gasteiger charge is 2.24. The molecule has 0 radical (unpaired) electrons. The first-order chi connectivity index (χ1) is 13.4. The number of carbonyl (C=O) groups excluding carboxylic acids is 1. The third kappa shape index (κ3) is 5.23. The van der Waals surface area contributed by atoms with E-state index < -0.39 is 0 Å². The first-order valence-electron chi connectivity index (χ1n) is 10.6. The van der Waals surface area contributed by atoms with Gasteiger partial charge in [-0.3, -0.25) is 9.69 Å². The van der Waals surface area contributed by atoms with E-state index >= 15 is 0 Å². The second kappa shape index (κ2) is 10.4. The summed E-state index contributed by atoms with van der Waals surface area (Å²) in [5.41, 5.74) is 11.4. The van der Waals surface area contributed by atoms with Crippen LogP contribution in [0.5, 0.6) is 0 Å². The van der Waals surface area contributed by atoms with E-state index in [-0.39, 0.29) is 5.91 Å². The Morgan fingerprint density at radius 3 is 1.96 bits per heavy atom. The number of rotatable bonds is 9. The molecule has 2 aromatic carbocycles. The van der Waals surface area contributed by atoms with Crippen molar-refractivity contribution in [3.05, 3.63) is 59.2 Å². The molecule has 0 unspecified atom stereocenters. The van der Waals surface area contributed by atoms with Gasteiger partial charge < -0.3 is 5.73 Å². The van der Waals surface area contributed by atoms with Gasteiger partial charge in [0.05, 0.1) is 5.69 Å². The van der Waals surface area contributed by atoms with E-state index in [0.29, 0.717) is 18.3 Å². The van der Waals surface area contributed by atoms with Crippen LogP contribution in [0.4, 0.5) is 11.4 Å². The van der Waals surface area contributed by atoms with Crippen LogP contribution >= 0.6 is 0 Å². The number of hydrogen-bond acceptors (Lipinski definition) is 2. The number of nitrogens with two attached hydrogens (primary N) is 1. The van der Waals surface area contributed by atoms with E-state index in [1.54, 1.807) is 0 Å². The molecule has 0 atom stereocenters. The summed E-state index contributed by atoms with van der Waals surface area (Å²) in [6.07, 6.45) is 3.64. The largest absolute Gasteiger partial charge is 0.330 e. The quantitative estimate of drug-likeness (QED) is 0.520. The number of nitrogens with zero attached hydrogens (tertiary/aromatic N) is 1. The highest BCUT2D eigenvalue weighted by atomic mass is 16.2. The predicted octanol–water partition coefficient (Wildman–Crippen LogP) is 6.29. The molecule has 0 saturated heterocycles. The van der Waals surface area contributed by atoms with Gasteiger partial charge in [0.25, 0.3) is 0 Å². The van der Waals surface area contributed by atoms with Gasteiger partial charge in [-0.25, -0.2) is 0 Å². The molecule has 0 aliphatic heterocycles.